The molecule has 0 aliphatic carbocycles. The van der Waals surface area contributed by atoms with Crippen LogP contribution in [0.4, 0.5) is 0 Å². The lowest BCUT2D eigenvalue weighted by molar-refractivity contribution is 0.0679. The van der Waals surface area contributed by atoms with Gasteiger partial charge in [0.1, 0.15) is 12.4 Å². The Morgan fingerprint density at radius 2 is 2.29 bits per heavy atom. The molecule has 1 N–H and O–H groups in total. The molecule has 1 aliphatic heterocycles. The summed E-state index contributed by atoms with van der Waals surface area (Å²) < 4.78 is 11.3. The summed E-state index contributed by atoms with van der Waals surface area (Å²) in [5.74, 6) is 0.541. The van der Waals surface area contributed by atoms with Crippen LogP contribution >= 0.6 is 0 Å². The molecule has 2 aromatic rings. The van der Waals surface area contributed by atoms with Crippen molar-refractivity contribution in [1.82, 2.24) is 10.3 Å². The molecule has 0 radical (unpaired) electrons. The third kappa shape index (κ3) is 4.32. The van der Waals surface area contributed by atoms with Crippen molar-refractivity contribution >= 4 is 5.91 Å². The first-order valence-corrected chi connectivity index (χ1v) is 8.28. The van der Waals surface area contributed by atoms with Crippen LogP contribution in [0, 0.1) is 0 Å². The predicted octanol–water partition coefficient (Wildman–Crippen LogP) is 3.13. The molecule has 1 aromatic heterocycles. The Morgan fingerprint density at radius 1 is 1.38 bits per heavy atom. The number of hydrogen-bond acceptors (Lipinski definition) is 4. The fourth-order valence-corrected chi connectivity index (χ4v) is 2.68. The van der Waals surface area contributed by atoms with E-state index in [9.17, 15) is 4.79 Å². The lowest BCUT2D eigenvalue weighted by Crippen LogP contribution is -2.27. The zero-order valence-electron chi connectivity index (χ0n) is 13.8. The van der Waals surface area contributed by atoms with Crippen molar-refractivity contribution in [2.75, 3.05) is 13.2 Å². The van der Waals surface area contributed by atoms with Crippen LogP contribution in [0.2, 0.25) is 0 Å². The molecular weight excluding hydrogens is 304 g/mol. The fraction of sp³-hybridized carbons (Fsp3) is 0.368. The number of nitrogens with zero attached hydrogens (tertiary/aromatic N) is 1. The summed E-state index contributed by atoms with van der Waals surface area (Å²) in [5, 5.41) is 2.96. The van der Waals surface area contributed by atoms with Crippen molar-refractivity contribution in [2.24, 2.45) is 0 Å². The number of rotatable bonds is 6. The maximum atomic E-state index is 12.4. The second kappa shape index (κ2) is 7.93. The molecule has 2 heterocycles. The molecule has 24 heavy (non-hydrogen) atoms. The molecule has 1 amide bonds. The van der Waals surface area contributed by atoms with E-state index in [-0.39, 0.29) is 18.1 Å². The topological polar surface area (TPSA) is 60.5 Å². The number of nitrogens with one attached hydrogen (secondary N) is 1. The molecule has 1 aliphatic rings. The summed E-state index contributed by atoms with van der Waals surface area (Å²) in [4.78, 5) is 16.7. The monoisotopic (exact) mass is 326 g/mol. The highest BCUT2D eigenvalue weighted by atomic mass is 16.5. The Morgan fingerprint density at radius 3 is 3.04 bits per heavy atom. The van der Waals surface area contributed by atoms with Crippen LogP contribution in [0.1, 0.15) is 41.9 Å². The van der Waals surface area contributed by atoms with Gasteiger partial charge in [-0.05, 0) is 50.1 Å². The van der Waals surface area contributed by atoms with Crippen molar-refractivity contribution in [3.8, 4) is 5.75 Å². The Kier molecular flexibility index (Phi) is 5.43. The molecule has 5 nitrogen and oxygen atoms in total. The maximum absolute atomic E-state index is 12.4. The van der Waals surface area contributed by atoms with Crippen LogP contribution in [0.25, 0.3) is 0 Å². The Labute approximate surface area is 142 Å². The van der Waals surface area contributed by atoms with Crippen molar-refractivity contribution < 1.29 is 14.3 Å². The van der Waals surface area contributed by atoms with E-state index >= 15 is 0 Å². The number of amides is 1. The van der Waals surface area contributed by atoms with Gasteiger partial charge in [-0.2, -0.15) is 0 Å². The Hall–Kier alpha value is -2.40. The quantitative estimate of drug-likeness (QED) is 0.886. The summed E-state index contributed by atoms with van der Waals surface area (Å²) in [6.07, 6.45) is 3.99. The van der Waals surface area contributed by atoms with Gasteiger partial charge in [-0.15, -0.1) is 0 Å². The first kappa shape index (κ1) is 16.5. The summed E-state index contributed by atoms with van der Waals surface area (Å²) in [6, 6.07) is 12.7. The van der Waals surface area contributed by atoms with E-state index in [4.69, 9.17) is 9.47 Å². The average Bonchev–Trinajstić information content (AvgIpc) is 3.14. The number of pyridine rings is 1. The van der Waals surface area contributed by atoms with Crippen molar-refractivity contribution in [3.05, 3.63) is 59.9 Å². The van der Waals surface area contributed by atoms with E-state index in [1.165, 1.54) is 0 Å². The van der Waals surface area contributed by atoms with Crippen LogP contribution in [-0.2, 0) is 4.74 Å². The fourth-order valence-electron chi connectivity index (χ4n) is 2.68. The summed E-state index contributed by atoms with van der Waals surface area (Å²) in [6.45, 7) is 3.25. The van der Waals surface area contributed by atoms with Crippen LogP contribution in [0.3, 0.4) is 0 Å². The normalized spacial score (nSPS) is 18.1. The summed E-state index contributed by atoms with van der Waals surface area (Å²) >= 11 is 0. The third-order valence-corrected chi connectivity index (χ3v) is 4.04. The number of hydrogen-bond donors (Lipinski definition) is 1. The minimum atomic E-state index is -0.157. The predicted molar refractivity (Wildman–Crippen MR) is 91.0 cm³/mol. The summed E-state index contributed by atoms with van der Waals surface area (Å²) in [7, 11) is 0. The van der Waals surface area contributed by atoms with Gasteiger partial charge in [-0.25, -0.2) is 0 Å². The van der Waals surface area contributed by atoms with Crippen LogP contribution in [0.15, 0.2) is 48.7 Å². The number of ether oxygens (including phenoxy) is 2. The van der Waals surface area contributed by atoms with Gasteiger partial charge in [0.25, 0.3) is 5.91 Å². The number of aromatic nitrogens is 1. The zero-order chi connectivity index (χ0) is 16.8. The highest BCUT2D eigenvalue weighted by molar-refractivity contribution is 5.94. The molecular formula is C19H22N2O3. The molecule has 2 atom stereocenters. The molecule has 0 bridgehead atoms. The lowest BCUT2D eigenvalue weighted by Gasteiger charge is -2.15. The van der Waals surface area contributed by atoms with E-state index in [0.29, 0.717) is 17.9 Å². The van der Waals surface area contributed by atoms with Gasteiger partial charge >= 0.3 is 0 Å². The van der Waals surface area contributed by atoms with Gasteiger partial charge in [-0.1, -0.05) is 12.1 Å². The van der Waals surface area contributed by atoms with Gasteiger partial charge in [0.15, 0.2) is 0 Å². The zero-order valence-corrected chi connectivity index (χ0v) is 13.8. The van der Waals surface area contributed by atoms with E-state index in [1.54, 1.807) is 18.3 Å². The number of carbonyl (C=O) groups excluding carboxylic acids is 1. The molecule has 0 saturated carbocycles. The highest BCUT2D eigenvalue weighted by Crippen LogP contribution is 2.18. The molecule has 3 rings (SSSR count). The molecule has 126 valence electrons. The molecule has 2 unspecified atom stereocenters. The van der Waals surface area contributed by atoms with Gasteiger partial charge in [0.05, 0.1) is 17.8 Å². The Balaban J connectivity index is 1.59. The Bertz CT molecular complexity index is 669. The van der Waals surface area contributed by atoms with Gasteiger partial charge in [0.2, 0.25) is 0 Å². The van der Waals surface area contributed by atoms with Gasteiger partial charge < -0.3 is 14.8 Å². The van der Waals surface area contributed by atoms with Crippen molar-refractivity contribution in [3.63, 3.8) is 0 Å². The molecule has 1 fully saturated rings. The third-order valence-electron chi connectivity index (χ3n) is 4.04. The molecule has 1 aromatic carbocycles. The van der Waals surface area contributed by atoms with Crippen molar-refractivity contribution in [1.29, 1.82) is 0 Å². The summed E-state index contributed by atoms with van der Waals surface area (Å²) in [5.41, 5.74) is 1.40. The highest BCUT2D eigenvalue weighted by Gasteiger charge is 2.17. The minimum Gasteiger partial charge on any atom is -0.491 e. The smallest absolute Gasteiger partial charge is 0.251 e. The second-order valence-electron chi connectivity index (χ2n) is 5.92. The largest absolute Gasteiger partial charge is 0.491 e. The van der Waals surface area contributed by atoms with Crippen LogP contribution in [-0.4, -0.2) is 30.2 Å². The minimum absolute atomic E-state index is 0.143. The average molecular weight is 326 g/mol. The van der Waals surface area contributed by atoms with E-state index in [1.807, 2.05) is 37.3 Å². The van der Waals surface area contributed by atoms with E-state index < -0.39 is 0 Å². The van der Waals surface area contributed by atoms with Gasteiger partial charge in [-0.3, -0.25) is 9.78 Å². The molecule has 5 heteroatoms. The molecule has 0 spiro atoms. The molecule has 1 saturated heterocycles. The second-order valence-corrected chi connectivity index (χ2v) is 5.92. The first-order chi connectivity index (χ1) is 11.7. The standard InChI is InChI=1S/C19H22N2O3/c1-14(18-9-2-3-10-20-18)21-19(22)15-6-4-7-16(12-15)24-13-17-8-5-11-23-17/h2-4,6-7,9-10,12,14,17H,5,8,11,13H2,1H3,(H,21,22). The van der Waals surface area contributed by atoms with E-state index in [2.05, 4.69) is 10.3 Å². The maximum Gasteiger partial charge on any atom is 0.251 e. The van der Waals surface area contributed by atoms with Crippen molar-refractivity contribution in [2.45, 2.75) is 31.9 Å². The lowest BCUT2D eigenvalue weighted by atomic mass is 10.1. The van der Waals surface area contributed by atoms with Crippen LogP contribution in [0.5, 0.6) is 5.75 Å². The number of benzene rings is 1. The first-order valence-electron chi connectivity index (χ1n) is 8.28. The van der Waals surface area contributed by atoms with Gasteiger partial charge in [0, 0.05) is 18.4 Å². The van der Waals surface area contributed by atoms with E-state index in [0.717, 1.165) is 25.1 Å². The SMILES string of the molecule is CC(NC(=O)c1cccc(OCC2CCCO2)c1)c1ccccn1. The number of carbonyl (C=O) groups is 1. The van der Waals surface area contributed by atoms with Crippen LogP contribution < -0.4 is 10.1 Å².